The van der Waals surface area contributed by atoms with Crippen LogP contribution in [0, 0.1) is 5.92 Å². The molecule has 150 valence electrons. The number of imide groups is 1. The zero-order valence-corrected chi connectivity index (χ0v) is 16.5. The van der Waals surface area contributed by atoms with Crippen LogP contribution >= 0.6 is 0 Å². The molecule has 7 heteroatoms. The van der Waals surface area contributed by atoms with E-state index in [4.69, 9.17) is 4.74 Å². The normalized spacial score (nSPS) is 14.0. The summed E-state index contributed by atoms with van der Waals surface area (Å²) >= 11 is 0. The Morgan fingerprint density at radius 2 is 1.45 bits per heavy atom. The number of carbonyl (C=O) groups is 4. The Bertz CT molecular complexity index is 920. The molecular weight excluding hydrogens is 372 g/mol. The van der Waals surface area contributed by atoms with Crippen LogP contribution in [0.2, 0.25) is 0 Å². The molecule has 29 heavy (non-hydrogen) atoms. The number of hydrogen-bond acceptors (Lipinski definition) is 5. The van der Waals surface area contributed by atoms with Gasteiger partial charge in [-0.15, -0.1) is 0 Å². The third kappa shape index (κ3) is 3.89. The Balaban J connectivity index is 1.72. The molecule has 0 fully saturated rings. The van der Waals surface area contributed by atoms with E-state index >= 15 is 0 Å². The number of para-hydroxylation sites is 1. The van der Waals surface area contributed by atoms with E-state index in [0.29, 0.717) is 5.69 Å². The topological polar surface area (TPSA) is 84.0 Å². The Kier molecular flexibility index (Phi) is 5.77. The fraction of sp³-hybridized carbons (Fsp3) is 0.273. The number of amides is 3. The molecule has 0 saturated carbocycles. The van der Waals surface area contributed by atoms with Gasteiger partial charge in [-0.2, -0.15) is 0 Å². The molecule has 0 aliphatic carbocycles. The highest BCUT2D eigenvalue weighted by Crippen LogP contribution is 2.27. The zero-order valence-electron chi connectivity index (χ0n) is 16.5. The van der Waals surface area contributed by atoms with E-state index in [9.17, 15) is 19.2 Å². The SMILES string of the molecule is CC(C)[C@@H](C(=O)OCC(=O)N(C)c1ccccc1)N1C(=O)c2ccccc2C1=O. The predicted molar refractivity (Wildman–Crippen MR) is 106 cm³/mol. The largest absolute Gasteiger partial charge is 0.454 e. The quantitative estimate of drug-likeness (QED) is 0.555. The molecule has 1 aliphatic rings. The maximum absolute atomic E-state index is 12.7. The van der Waals surface area contributed by atoms with Gasteiger partial charge < -0.3 is 9.64 Å². The van der Waals surface area contributed by atoms with Crippen LogP contribution in [0.1, 0.15) is 34.6 Å². The molecule has 0 aromatic heterocycles. The van der Waals surface area contributed by atoms with Crippen LogP contribution in [-0.4, -0.2) is 48.3 Å². The fourth-order valence-electron chi connectivity index (χ4n) is 3.25. The Morgan fingerprint density at radius 1 is 0.931 bits per heavy atom. The van der Waals surface area contributed by atoms with Gasteiger partial charge in [0.05, 0.1) is 11.1 Å². The summed E-state index contributed by atoms with van der Waals surface area (Å²) in [6, 6.07) is 14.2. The number of rotatable bonds is 6. The highest BCUT2D eigenvalue weighted by atomic mass is 16.5. The van der Waals surface area contributed by atoms with Gasteiger partial charge in [0, 0.05) is 12.7 Å². The molecule has 0 spiro atoms. The standard InChI is InChI=1S/C22H22N2O5/c1-14(2)19(24-20(26)16-11-7-8-12-17(16)21(24)27)22(28)29-13-18(25)23(3)15-9-5-4-6-10-15/h4-12,14,19H,13H2,1-3H3/t19-/m0/s1. The van der Waals surface area contributed by atoms with E-state index in [-0.39, 0.29) is 17.0 Å². The molecule has 3 rings (SSSR count). The number of ether oxygens (including phenoxy) is 1. The van der Waals surface area contributed by atoms with Gasteiger partial charge in [-0.05, 0) is 30.2 Å². The van der Waals surface area contributed by atoms with Gasteiger partial charge in [-0.25, -0.2) is 4.79 Å². The number of fused-ring (bicyclic) bond motifs is 1. The first-order valence-corrected chi connectivity index (χ1v) is 9.28. The summed E-state index contributed by atoms with van der Waals surface area (Å²) < 4.78 is 5.20. The van der Waals surface area contributed by atoms with Gasteiger partial charge in [0.1, 0.15) is 6.04 Å². The molecule has 2 aromatic carbocycles. The smallest absolute Gasteiger partial charge is 0.330 e. The molecule has 2 aromatic rings. The number of benzene rings is 2. The third-order valence-electron chi connectivity index (χ3n) is 4.83. The summed E-state index contributed by atoms with van der Waals surface area (Å²) in [6.07, 6.45) is 0. The molecule has 0 bridgehead atoms. The minimum absolute atomic E-state index is 0.260. The van der Waals surface area contributed by atoms with Crippen molar-refractivity contribution in [3.8, 4) is 0 Å². The minimum atomic E-state index is -1.11. The number of esters is 1. The first-order valence-electron chi connectivity index (χ1n) is 9.28. The van der Waals surface area contributed by atoms with Crippen LogP contribution in [0.4, 0.5) is 5.69 Å². The monoisotopic (exact) mass is 394 g/mol. The van der Waals surface area contributed by atoms with E-state index in [1.165, 1.54) is 4.90 Å². The molecule has 7 nitrogen and oxygen atoms in total. The van der Waals surface area contributed by atoms with Gasteiger partial charge >= 0.3 is 5.97 Å². The molecule has 1 heterocycles. The first-order chi connectivity index (χ1) is 13.8. The zero-order chi connectivity index (χ0) is 21.1. The number of nitrogens with zero attached hydrogens (tertiary/aromatic N) is 2. The number of carbonyl (C=O) groups excluding carboxylic acids is 4. The molecule has 3 amide bonds. The Morgan fingerprint density at radius 3 is 1.97 bits per heavy atom. The molecule has 1 atom stereocenters. The van der Waals surface area contributed by atoms with Gasteiger partial charge in [0.2, 0.25) is 0 Å². The lowest BCUT2D eigenvalue weighted by Gasteiger charge is -2.27. The van der Waals surface area contributed by atoms with Crippen molar-refractivity contribution in [2.24, 2.45) is 5.92 Å². The van der Waals surface area contributed by atoms with Gasteiger partial charge in [0.25, 0.3) is 17.7 Å². The number of hydrogen-bond donors (Lipinski definition) is 0. The van der Waals surface area contributed by atoms with E-state index < -0.39 is 36.3 Å². The van der Waals surface area contributed by atoms with Crippen molar-refractivity contribution >= 4 is 29.4 Å². The van der Waals surface area contributed by atoms with Crippen molar-refractivity contribution in [3.05, 3.63) is 65.7 Å². The molecule has 0 saturated heterocycles. The summed E-state index contributed by atoms with van der Waals surface area (Å²) in [5.41, 5.74) is 1.18. The van der Waals surface area contributed by atoms with E-state index in [1.807, 2.05) is 6.07 Å². The maximum Gasteiger partial charge on any atom is 0.330 e. The van der Waals surface area contributed by atoms with E-state index in [2.05, 4.69) is 0 Å². The summed E-state index contributed by atoms with van der Waals surface area (Å²) in [7, 11) is 1.58. The number of likely N-dealkylation sites (N-methyl/N-ethyl adjacent to an activating group) is 1. The second kappa shape index (κ2) is 8.26. The molecular formula is C22H22N2O5. The predicted octanol–water partition coefficient (Wildman–Crippen LogP) is 2.51. The van der Waals surface area contributed by atoms with Crippen LogP contribution in [0.15, 0.2) is 54.6 Å². The number of anilines is 1. The molecule has 1 aliphatic heterocycles. The van der Waals surface area contributed by atoms with Gasteiger partial charge in [-0.1, -0.05) is 44.2 Å². The van der Waals surface area contributed by atoms with Crippen LogP contribution in [0.3, 0.4) is 0 Å². The second-order valence-electron chi connectivity index (χ2n) is 7.11. The Hall–Kier alpha value is -3.48. The fourth-order valence-corrected chi connectivity index (χ4v) is 3.25. The van der Waals surface area contributed by atoms with Gasteiger partial charge in [0.15, 0.2) is 6.61 Å². The van der Waals surface area contributed by atoms with E-state index in [1.54, 1.807) is 69.4 Å². The molecule has 0 radical (unpaired) electrons. The third-order valence-corrected chi connectivity index (χ3v) is 4.83. The van der Waals surface area contributed by atoms with Crippen LogP contribution in [0.25, 0.3) is 0 Å². The Labute approximate surface area is 168 Å². The first kappa shape index (κ1) is 20.3. The average molecular weight is 394 g/mol. The van der Waals surface area contributed by atoms with Crippen molar-refractivity contribution in [2.75, 3.05) is 18.6 Å². The summed E-state index contributed by atoms with van der Waals surface area (Å²) in [6.45, 7) is 2.94. The summed E-state index contributed by atoms with van der Waals surface area (Å²) in [4.78, 5) is 52.8. The molecule has 0 unspecified atom stereocenters. The van der Waals surface area contributed by atoms with Crippen molar-refractivity contribution in [2.45, 2.75) is 19.9 Å². The van der Waals surface area contributed by atoms with Crippen LogP contribution in [-0.2, 0) is 14.3 Å². The van der Waals surface area contributed by atoms with E-state index in [0.717, 1.165) is 4.90 Å². The highest BCUT2D eigenvalue weighted by Gasteiger charge is 2.44. The van der Waals surface area contributed by atoms with Crippen molar-refractivity contribution in [1.82, 2.24) is 4.90 Å². The minimum Gasteiger partial charge on any atom is -0.454 e. The summed E-state index contributed by atoms with van der Waals surface area (Å²) in [5.74, 6) is -2.66. The van der Waals surface area contributed by atoms with Gasteiger partial charge in [-0.3, -0.25) is 19.3 Å². The van der Waals surface area contributed by atoms with Crippen molar-refractivity contribution < 1.29 is 23.9 Å². The maximum atomic E-state index is 12.7. The van der Waals surface area contributed by atoms with Crippen LogP contribution in [0.5, 0.6) is 0 Å². The highest BCUT2D eigenvalue weighted by molar-refractivity contribution is 6.22. The summed E-state index contributed by atoms with van der Waals surface area (Å²) in [5, 5.41) is 0. The molecule has 0 N–H and O–H groups in total. The van der Waals surface area contributed by atoms with Crippen LogP contribution < -0.4 is 4.90 Å². The average Bonchev–Trinajstić information content (AvgIpc) is 2.97. The lowest BCUT2D eigenvalue weighted by Crippen LogP contribution is -2.49. The van der Waals surface area contributed by atoms with Crippen molar-refractivity contribution in [1.29, 1.82) is 0 Å². The second-order valence-corrected chi connectivity index (χ2v) is 7.11. The lowest BCUT2D eigenvalue weighted by atomic mass is 10.0. The lowest BCUT2D eigenvalue weighted by molar-refractivity contribution is -0.153. The van der Waals surface area contributed by atoms with Crippen molar-refractivity contribution in [3.63, 3.8) is 0 Å².